The lowest BCUT2D eigenvalue weighted by Crippen LogP contribution is -2.15. The number of hydrogen-bond acceptors (Lipinski definition) is 2. The molecule has 0 heterocycles. The number of aryl methyl sites for hydroxylation is 2. The summed E-state index contributed by atoms with van der Waals surface area (Å²) < 4.78 is 24.3. The van der Waals surface area contributed by atoms with E-state index in [1.54, 1.807) is 12.1 Å². The molecule has 0 aliphatic heterocycles. The summed E-state index contributed by atoms with van der Waals surface area (Å²) in [6.07, 6.45) is 0.524. The van der Waals surface area contributed by atoms with Crippen LogP contribution in [0.1, 0.15) is 22.3 Å². The molecule has 0 amide bonds. The van der Waals surface area contributed by atoms with Gasteiger partial charge in [0.2, 0.25) is 10.0 Å². The van der Waals surface area contributed by atoms with E-state index < -0.39 is 10.0 Å². The maximum atomic E-state index is 11.7. The SMILES string of the molecule is Cc1ccc(Br)c(Cc2cc(C)ccc2S(N)(=O)=O)c1. The van der Waals surface area contributed by atoms with Crippen molar-refractivity contribution in [3.05, 3.63) is 63.1 Å². The second kappa shape index (κ2) is 5.68. The van der Waals surface area contributed by atoms with Gasteiger partial charge in [0.15, 0.2) is 0 Å². The molecule has 5 heteroatoms. The minimum absolute atomic E-state index is 0.191. The summed E-state index contributed by atoms with van der Waals surface area (Å²) in [6.45, 7) is 3.94. The minimum Gasteiger partial charge on any atom is -0.225 e. The van der Waals surface area contributed by atoms with Gasteiger partial charge in [0.25, 0.3) is 0 Å². The molecule has 0 bridgehead atoms. The Morgan fingerprint density at radius 3 is 2.15 bits per heavy atom. The quantitative estimate of drug-likeness (QED) is 0.919. The Morgan fingerprint density at radius 1 is 1.00 bits per heavy atom. The van der Waals surface area contributed by atoms with Gasteiger partial charge >= 0.3 is 0 Å². The third-order valence-electron chi connectivity index (χ3n) is 3.10. The van der Waals surface area contributed by atoms with Crippen LogP contribution < -0.4 is 5.14 Å². The molecule has 0 aliphatic carbocycles. The van der Waals surface area contributed by atoms with Gasteiger partial charge in [-0.25, -0.2) is 13.6 Å². The summed E-state index contributed by atoms with van der Waals surface area (Å²) in [5, 5.41) is 5.29. The summed E-state index contributed by atoms with van der Waals surface area (Å²) in [4.78, 5) is 0.191. The summed E-state index contributed by atoms with van der Waals surface area (Å²) in [7, 11) is -3.71. The van der Waals surface area contributed by atoms with Crippen molar-refractivity contribution in [3.63, 3.8) is 0 Å². The zero-order valence-corrected chi connectivity index (χ0v) is 13.8. The molecule has 2 aromatic rings. The molecular formula is C15H16BrNO2S. The first-order valence-corrected chi connectivity index (χ1v) is 8.48. The van der Waals surface area contributed by atoms with Gasteiger partial charge in [0.05, 0.1) is 4.90 Å². The summed E-state index contributed by atoms with van der Waals surface area (Å²) >= 11 is 3.50. The van der Waals surface area contributed by atoms with Crippen LogP contribution in [0.2, 0.25) is 0 Å². The van der Waals surface area contributed by atoms with E-state index in [-0.39, 0.29) is 4.90 Å². The Labute approximate surface area is 128 Å². The summed E-state index contributed by atoms with van der Waals surface area (Å²) in [5.41, 5.74) is 3.91. The molecule has 2 N–H and O–H groups in total. The van der Waals surface area contributed by atoms with Gasteiger partial charge in [0, 0.05) is 4.47 Å². The number of hydrogen-bond donors (Lipinski definition) is 1. The van der Waals surface area contributed by atoms with E-state index in [0.29, 0.717) is 6.42 Å². The monoisotopic (exact) mass is 353 g/mol. The highest BCUT2D eigenvalue weighted by atomic mass is 79.9. The van der Waals surface area contributed by atoms with E-state index in [4.69, 9.17) is 5.14 Å². The van der Waals surface area contributed by atoms with Gasteiger partial charge in [-0.3, -0.25) is 0 Å². The molecule has 0 saturated carbocycles. The number of nitrogens with two attached hydrogens (primary N) is 1. The van der Waals surface area contributed by atoms with Crippen LogP contribution in [0, 0.1) is 13.8 Å². The highest BCUT2D eigenvalue weighted by Gasteiger charge is 2.15. The van der Waals surface area contributed by atoms with Gasteiger partial charge in [0.1, 0.15) is 0 Å². The fourth-order valence-corrected chi connectivity index (χ4v) is 3.31. The lowest BCUT2D eigenvalue weighted by atomic mass is 10.0. The lowest BCUT2D eigenvalue weighted by molar-refractivity contribution is 0.597. The molecular weight excluding hydrogens is 338 g/mol. The molecule has 0 aromatic heterocycles. The fraction of sp³-hybridized carbons (Fsp3) is 0.200. The van der Waals surface area contributed by atoms with Crippen molar-refractivity contribution < 1.29 is 8.42 Å². The zero-order valence-electron chi connectivity index (χ0n) is 11.4. The topological polar surface area (TPSA) is 60.2 Å². The van der Waals surface area contributed by atoms with Crippen molar-refractivity contribution in [2.24, 2.45) is 5.14 Å². The van der Waals surface area contributed by atoms with E-state index >= 15 is 0 Å². The molecule has 0 radical (unpaired) electrons. The molecule has 0 aliphatic rings. The predicted octanol–water partition coefficient (Wildman–Crippen LogP) is 3.30. The predicted molar refractivity (Wildman–Crippen MR) is 84.2 cm³/mol. The largest absolute Gasteiger partial charge is 0.238 e. The molecule has 0 spiro atoms. The van der Waals surface area contributed by atoms with Gasteiger partial charge in [-0.15, -0.1) is 0 Å². The van der Waals surface area contributed by atoms with Crippen molar-refractivity contribution >= 4 is 26.0 Å². The van der Waals surface area contributed by atoms with E-state index in [1.165, 1.54) is 0 Å². The molecule has 2 aromatic carbocycles. The molecule has 3 nitrogen and oxygen atoms in total. The van der Waals surface area contributed by atoms with Crippen LogP contribution >= 0.6 is 15.9 Å². The van der Waals surface area contributed by atoms with Crippen LogP contribution in [0.4, 0.5) is 0 Å². The molecule has 0 atom stereocenters. The number of rotatable bonds is 3. The van der Waals surface area contributed by atoms with E-state index in [9.17, 15) is 8.42 Å². The van der Waals surface area contributed by atoms with E-state index in [2.05, 4.69) is 15.9 Å². The number of halogens is 1. The second-order valence-electron chi connectivity index (χ2n) is 4.93. The normalized spacial score (nSPS) is 11.6. The number of benzene rings is 2. The third kappa shape index (κ3) is 3.48. The van der Waals surface area contributed by atoms with Crippen molar-refractivity contribution in [3.8, 4) is 0 Å². The third-order valence-corrected chi connectivity index (χ3v) is 4.89. The van der Waals surface area contributed by atoms with E-state index in [1.807, 2.05) is 38.1 Å². The van der Waals surface area contributed by atoms with Crippen molar-refractivity contribution in [2.45, 2.75) is 25.2 Å². The number of primary sulfonamides is 1. The van der Waals surface area contributed by atoms with Gasteiger partial charge in [-0.2, -0.15) is 0 Å². The molecule has 20 heavy (non-hydrogen) atoms. The van der Waals surface area contributed by atoms with Crippen LogP contribution in [0.3, 0.4) is 0 Å². The zero-order chi connectivity index (χ0) is 14.9. The lowest BCUT2D eigenvalue weighted by Gasteiger charge is -2.11. The molecule has 2 rings (SSSR count). The Morgan fingerprint density at radius 2 is 1.55 bits per heavy atom. The van der Waals surface area contributed by atoms with Crippen molar-refractivity contribution in [2.75, 3.05) is 0 Å². The standard InChI is InChI=1S/C15H16BrNO2S/c1-10-3-5-14(16)12(7-10)9-13-8-11(2)4-6-15(13)20(17,18)19/h3-8H,9H2,1-2H3,(H2,17,18,19). The summed E-state index contributed by atoms with van der Waals surface area (Å²) in [5.74, 6) is 0. The van der Waals surface area contributed by atoms with Crippen molar-refractivity contribution in [1.29, 1.82) is 0 Å². The maximum absolute atomic E-state index is 11.7. The van der Waals surface area contributed by atoms with Gasteiger partial charge < -0.3 is 0 Å². The van der Waals surface area contributed by atoms with Crippen LogP contribution in [0.25, 0.3) is 0 Å². The first-order valence-electron chi connectivity index (χ1n) is 6.15. The molecule has 0 fully saturated rings. The fourth-order valence-electron chi connectivity index (χ4n) is 2.17. The van der Waals surface area contributed by atoms with E-state index in [0.717, 1.165) is 26.7 Å². The first-order chi connectivity index (χ1) is 9.27. The smallest absolute Gasteiger partial charge is 0.225 e. The Kier molecular flexibility index (Phi) is 4.32. The second-order valence-corrected chi connectivity index (χ2v) is 7.31. The van der Waals surface area contributed by atoms with Crippen LogP contribution in [-0.4, -0.2) is 8.42 Å². The average Bonchev–Trinajstić information content (AvgIpc) is 2.32. The molecule has 0 saturated heterocycles. The van der Waals surface area contributed by atoms with Crippen LogP contribution in [0.15, 0.2) is 45.8 Å². The molecule has 106 valence electrons. The van der Waals surface area contributed by atoms with Gasteiger partial charge in [-0.05, 0) is 43.5 Å². The average molecular weight is 354 g/mol. The highest BCUT2D eigenvalue weighted by Crippen LogP contribution is 2.25. The summed E-state index contributed by atoms with van der Waals surface area (Å²) in [6, 6.07) is 11.2. The van der Waals surface area contributed by atoms with Crippen LogP contribution in [0.5, 0.6) is 0 Å². The van der Waals surface area contributed by atoms with Gasteiger partial charge in [-0.1, -0.05) is 51.3 Å². The Hall–Kier alpha value is -1.17. The van der Waals surface area contributed by atoms with Crippen molar-refractivity contribution in [1.82, 2.24) is 0 Å². The molecule has 0 unspecified atom stereocenters. The highest BCUT2D eigenvalue weighted by molar-refractivity contribution is 9.10. The minimum atomic E-state index is -3.71. The maximum Gasteiger partial charge on any atom is 0.238 e. The Balaban J connectivity index is 2.53. The Bertz CT molecular complexity index is 754. The number of sulfonamides is 1. The first kappa shape index (κ1) is 15.2. The van der Waals surface area contributed by atoms with Crippen LogP contribution in [-0.2, 0) is 16.4 Å².